The number of halogens is 4. The number of hydrogen-bond acceptors (Lipinski definition) is 15. The zero-order chi connectivity index (χ0) is 55.7. The summed E-state index contributed by atoms with van der Waals surface area (Å²) in [6.07, 6.45) is -2.54. The van der Waals surface area contributed by atoms with Gasteiger partial charge in [0.05, 0.1) is 65.1 Å². The highest BCUT2D eigenvalue weighted by atomic mass is 32.1. The highest BCUT2D eigenvalue weighted by molar-refractivity contribution is 7.81. The number of aliphatic hydroxyl groups excluding tert-OH is 1. The number of thiazole rings is 1. The number of benzene rings is 2. The minimum atomic E-state index is -5.25. The van der Waals surface area contributed by atoms with Crippen molar-refractivity contribution >= 4 is 69.6 Å². The lowest BCUT2D eigenvalue weighted by atomic mass is 9.85. The molecule has 0 unspecified atom stereocenters. The number of aliphatic hydroxyl groups is 1. The third kappa shape index (κ3) is 13.7. The number of amides is 4. The molecule has 4 aromatic rings. The van der Waals surface area contributed by atoms with E-state index in [0.29, 0.717) is 43.8 Å². The van der Waals surface area contributed by atoms with Crippen LogP contribution in [0.3, 0.4) is 0 Å². The molecule has 0 bridgehead atoms. The number of β-amino-alcohol motifs (C(OH)–C–C–N with tert-alkyl or cyclic N) is 1. The number of unbranched alkanes of at least 4 members (excludes halogenated alkanes) is 2. The van der Waals surface area contributed by atoms with E-state index in [0.717, 1.165) is 40.9 Å². The molecule has 18 nitrogen and oxygen atoms in total. The van der Waals surface area contributed by atoms with Crippen LogP contribution in [0.2, 0.25) is 0 Å². The van der Waals surface area contributed by atoms with Crippen molar-refractivity contribution in [3.05, 3.63) is 87.9 Å². The fourth-order valence-corrected chi connectivity index (χ4v) is 9.97. The molecule has 2 aliphatic rings. The Kier molecular flexibility index (Phi) is 19.3. The van der Waals surface area contributed by atoms with Crippen molar-refractivity contribution in [2.24, 2.45) is 5.41 Å². The Bertz CT molecular complexity index is 2840. The minimum Gasteiger partial charge on any atom is -0.477 e. The lowest BCUT2D eigenvalue weighted by molar-refractivity contribution is -0.144. The summed E-state index contributed by atoms with van der Waals surface area (Å²) in [5.74, 6) is -5.10. The summed E-state index contributed by atoms with van der Waals surface area (Å²) in [5.41, 5.74) is -1.44. The largest absolute Gasteiger partial charge is 0.477 e. The predicted octanol–water partition coefficient (Wildman–Crippen LogP) is 7.03. The highest BCUT2D eigenvalue weighted by Gasteiger charge is 2.52. The van der Waals surface area contributed by atoms with Gasteiger partial charge in [0.2, 0.25) is 23.6 Å². The van der Waals surface area contributed by atoms with Gasteiger partial charge in [0.1, 0.15) is 35.4 Å². The number of nitriles is 1. The fraction of sp³-hybridized carbons (Fsp3) is 0.481. The number of hydrogen-bond donors (Lipinski definition) is 3. The first kappa shape index (κ1) is 58.6. The maximum Gasteiger partial charge on any atom is 0.420 e. The first-order chi connectivity index (χ1) is 35.9. The molecule has 2 fully saturated rings. The maximum absolute atomic E-state index is 15.5. The molecular weight excluding hydrogens is 1040 g/mol. The molecule has 2 aliphatic heterocycles. The number of ether oxygens (including phenoxy) is 4. The van der Waals surface area contributed by atoms with Gasteiger partial charge in [0, 0.05) is 39.3 Å². The molecule has 408 valence electrons. The number of likely N-dealkylation sites (tertiary alicyclic amines) is 1. The number of aryl methyl sites for hydroxylation is 1. The standard InChI is InChI=1S/C52H60F4N8O10S2/c1-30-42(76-29-60-30)32-14-12-31(13-15-32)25-58-44(67)38-23-35(65)27-62(38)46(68)43(50(2,3)4)61-39(66)28-73-20-11-19-72-18-9-8-10-21-74-45-36(47(69)71-7)22-34(26-59-45)64-49(75)63(48(70)51(64,5)6)37-17-16-33(24-57)40(41(37)53)52(54,55)56/h12-17,22,26,29,35,38,43,65H,8-11,18-21,23,25,27-28H2,1-7H3,(H,58,67)(H,61,66)/t35-,38+,43-/m1/s1. The number of nitrogens with zero attached hydrogens (tertiary/aromatic N) is 6. The van der Waals surface area contributed by atoms with E-state index >= 15 is 4.39 Å². The van der Waals surface area contributed by atoms with Gasteiger partial charge in [-0.1, -0.05) is 45.0 Å². The van der Waals surface area contributed by atoms with E-state index in [9.17, 15) is 47.5 Å². The number of methoxy groups -OCH3 is 1. The first-order valence-corrected chi connectivity index (χ1v) is 25.6. The number of anilines is 2. The summed E-state index contributed by atoms with van der Waals surface area (Å²) in [5, 5.41) is 25.0. The van der Waals surface area contributed by atoms with Gasteiger partial charge in [-0.3, -0.25) is 24.1 Å². The van der Waals surface area contributed by atoms with E-state index in [1.54, 1.807) is 37.6 Å². The van der Waals surface area contributed by atoms with Crippen LogP contribution in [0.1, 0.15) is 99.5 Å². The number of rotatable bonds is 22. The summed E-state index contributed by atoms with van der Waals surface area (Å²) in [7, 11) is 1.13. The van der Waals surface area contributed by atoms with Crippen LogP contribution in [0.5, 0.6) is 5.88 Å². The number of nitrogens with one attached hydrogen (secondary N) is 2. The molecule has 0 spiro atoms. The second-order valence-electron chi connectivity index (χ2n) is 19.7. The van der Waals surface area contributed by atoms with E-state index in [-0.39, 0.29) is 56.5 Å². The van der Waals surface area contributed by atoms with Crippen LogP contribution in [-0.4, -0.2) is 125 Å². The molecular formula is C52H60F4N8O10S2. The average molecular weight is 1100 g/mol. The molecule has 24 heteroatoms. The van der Waals surface area contributed by atoms with Gasteiger partial charge in [-0.05, 0) is 93.4 Å². The van der Waals surface area contributed by atoms with Crippen LogP contribution in [0.4, 0.5) is 28.9 Å². The normalized spacial score (nSPS) is 16.9. The van der Waals surface area contributed by atoms with E-state index in [2.05, 4.69) is 20.6 Å². The summed E-state index contributed by atoms with van der Waals surface area (Å²) in [6.45, 7) is 11.1. The van der Waals surface area contributed by atoms with E-state index in [1.165, 1.54) is 42.0 Å². The summed E-state index contributed by atoms with van der Waals surface area (Å²) >= 11 is 7.06. The van der Waals surface area contributed by atoms with Crippen LogP contribution >= 0.6 is 23.6 Å². The minimum absolute atomic E-state index is 0.0564. The molecule has 6 rings (SSSR count). The van der Waals surface area contributed by atoms with Crippen LogP contribution in [0.25, 0.3) is 10.4 Å². The average Bonchev–Trinajstić information content (AvgIpc) is 4.03. The number of esters is 1. The van der Waals surface area contributed by atoms with Gasteiger partial charge in [-0.25, -0.2) is 19.2 Å². The third-order valence-electron chi connectivity index (χ3n) is 12.6. The lowest BCUT2D eigenvalue weighted by Gasteiger charge is -2.35. The number of carbonyl (C=O) groups excluding carboxylic acids is 5. The summed E-state index contributed by atoms with van der Waals surface area (Å²) < 4.78 is 79.0. The Morgan fingerprint density at radius 2 is 1.68 bits per heavy atom. The number of pyridine rings is 1. The smallest absolute Gasteiger partial charge is 0.420 e. The number of aromatic nitrogens is 2. The van der Waals surface area contributed by atoms with E-state index in [4.69, 9.17) is 31.2 Å². The second kappa shape index (κ2) is 25.0. The highest BCUT2D eigenvalue weighted by Crippen LogP contribution is 2.42. The molecule has 0 radical (unpaired) electrons. The van der Waals surface area contributed by atoms with E-state index < -0.39 is 92.7 Å². The van der Waals surface area contributed by atoms with Crippen molar-refractivity contribution in [1.29, 1.82) is 5.26 Å². The zero-order valence-corrected chi connectivity index (χ0v) is 44.7. The van der Waals surface area contributed by atoms with Crippen molar-refractivity contribution < 1.29 is 65.6 Å². The van der Waals surface area contributed by atoms with Gasteiger partial charge in [0.25, 0.3) is 5.91 Å². The monoisotopic (exact) mass is 1100 g/mol. The fourth-order valence-electron chi connectivity index (χ4n) is 8.65. The Morgan fingerprint density at radius 3 is 2.33 bits per heavy atom. The van der Waals surface area contributed by atoms with Crippen molar-refractivity contribution in [2.45, 2.75) is 110 Å². The van der Waals surface area contributed by atoms with Crippen LogP contribution in [0.15, 0.2) is 54.2 Å². The summed E-state index contributed by atoms with van der Waals surface area (Å²) in [6, 6.07) is 10.0. The van der Waals surface area contributed by atoms with Crippen molar-refractivity contribution in [3.63, 3.8) is 0 Å². The molecule has 3 atom stereocenters. The maximum atomic E-state index is 15.5. The van der Waals surface area contributed by atoms with E-state index in [1.807, 2.05) is 31.2 Å². The van der Waals surface area contributed by atoms with Gasteiger partial charge < -0.3 is 44.5 Å². The van der Waals surface area contributed by atoms with Gasteiger partial charge in [-0.15, -0.1) is 11.3 Å². The lowest BCUT2D eigenvalue weighted by Crippen LogP contribution is -2.58. The van der Waals surface area contributed by atoms with Gasteiger partial charge in [0.15, 0.2) is 10.9 Å². The topological polar surface area (TPSA) is 226 Å². The Balaban J connectivity index is 0.903. The third-order valence-corrected chi connectivity index (χ3v) is 14.0. The second-order valence-corrected chi connectivity index (χ2v) is 20.9. The molecule has 3 N–H and O–H groups in total. The van der Waals surface area contributed by atoms with Crippen LogP contribution < -0.4 is 25.2 Å². The van der Waals surface area contributed by atoms with Gasteiger partial charge in [-0.2, -0.15) is 18.4 Å². The van der Waals surface area contributed by atoms with Crippen molar-refractivity contribution in [1.82, 2.24) is 25.5 Å². The Morgan fingerprint density at radius 1 is 1.00 bits per heavy atom. The molecule has 0 saturated carbocycles. The van der Waals surface area contributed by atoms with Gasteiger partial charge >= 0.3 is 12.1 Å². The van der Waals surface area contributed by atoms with Crippen molar-refractivity contribution in [3.8, 4) is 22.4 Å². The molecule has 2 aromatic heterocycles. The molecule has 4 amide bonds. The molecule has 76 heavy (non-hydrogen) atoms. The number of thiocarbonyl (C=S) groups is 1. The van der Waals surface area contributed by atoms with Crippen LogP contribution in [0, 0.1) is 29.5 Å². The van der Waals surface area contributed by atoms with Crippen LogP contribution in [-0.2, 0) is 46.1 Å². The predicted molar refractivity (Wildman–Crippen MR) is 276 cm³/mol. The first-order valence-electron chi connectivity index (χ1n) is 24.3. The Labute approximate surface area is 446 Å². The van der Waals surface area contributed by atoms with Crippen molar-refractivity contribution in [2.75, 3.05) is 56.5 Å². The quantitative estimate of drug-likeness (QED) is 0.0311. The zero-order valence-electron chi connectivity index (χ0n) is 43.0. The molecule has 4 heterocycles. The number of carbonyl (C=O) groups is 5. The summed E-state index contributed by atoms with van der Waals surface area (Å²) in [4.78, 5) is 79.8. The number of alkyl halides is 3. The molecule has 0 aliphatic carbocycles. The molecule has 2 saturated heterocycles. The Hall–Kier alpha value is -6.65. The molecule has 2 aromatic carbocycles. The SMILES string of the molecule is COC(=O)c1cc(N2C(=S)N(c3ccc(C#N)c(C(F)(F)F)c3F)C(=O)C2(C)C)cnc1OCCCCCOCCCOCC(=O)N[C@H](C(=O)N1C[C@H](O)C[C@H]1C(=O)NCc1ccc(-c2scnc2C)cc1)C(C)(C)C.